The summed E-state index contributed by atoms with van der Waals surface area (Å²) in [7, 11) is 0. The molecule has 1 aromatic rings. The van der Waals surface area contributed by atoms with Crippen LogP contribution in [0.3, 0.4) is 0 Å². The average Bonchev–Trinajstić information content (AvgIpc) is 2.87. The normalized spacial score (nSPS) is 26.7. The van der Waals surface area contributed by atoms with Crippen LogP contribution in [-0.4, -0.2) is 50.7 Å². The number of nitrogens with zero attached hydrogens (tertiary/aromatic N) is 2. The van der Waals surface area contributed by atoms with Crippen LogP contribution in [0.4, 0.5) is 5.69 Å². The fraction of sp³-hybridized carbons (Fsp3) is 0.647. The molecule has 0 amide bonds. The van der Waals surface area contributed by atoms with Crippen molar-refractivity contribution in [3.8, 4) is 0 Å². The molecule has 118 valence electrons. The minimum Gasteiger partial charge on any atom is -0.369 e. The molecule has 0 aromatic heterocycles. The van der Waals surface area contributed by atoms with Gasteiger partial charge in [-0.25, -0.2) is 0 Å². The van der Waals surface area contributed by atoms with Crippen molar-refractivity contribution in [3.63, 3.8) is 0 Å². The van der Waals surface area contributed by atoms with Crippen LogP contribution in [0, 0.1) is 12.3 Å². The summed E-state index contributed by atoms with van der Waals surface area (Å²) in [5.41, 5.74) is 3.30. The van der Waals surface area contributed by atoms with Crippen LogP contribution < -0.4 is 10.2 Å². The lowest BCUT2D eigenvalue weighted by Gasteiger charge is -2.40. The fourth-order valence-electron chi connectivity index (χ4n) is 3.61. The summed E-state index contributed by atoms with van der Waals surface area (Å²) in [6.07, 6.45) is 1.32. The van der Waals surface area contributed by atoms with Crippen molar-refractivity contribution < 1.29 is 0 Å². The van der Waals surface area contributed by atoms with E-state index in [1.165, 1.54) is 50.4 Å². The molecule has 2 heterocycles. The van der Waals surface area contributed by atoms with E-state index in [1.54, 1.807) is 0 Å². The Bertz CT molecular complexity index is 449. The van der Waals surface area contributed by atoms with Crippen molar-refractivity contribution >= 4 is 18.1 Å². The maximum atomic E-state index is 3.51. The van der Waals surface area contributed by atoms with E-state index in [2.05, 4.69) is 53.2 Å². The van der Waals surface area contributed by atoms with Crippen molar-refractivity contribution in [2.45, 2.75) is 20.3 Å². The van der Waals surface area contributed by atoms with E-state index in [-0.39, 0.29) is 12.4 Å². The highest BCUT2D eigenvalue weighted by Gasteiger charge is 2.31. The molecule has 2 saturated heterocycles. The average molecular weight is 310 g/mol. The largest absolute Gasteiger partial charge is 0.369 e. The Morgan fingerprint density at radius 1 is 1.14 bits per heavy atom. The zero-order valence-corrected chi connectivity index (χ0v) is 14.1. The van der Waals surface area contributed by atoms with Crippen molar-refractivity contribution in [2.24, 2.45) is 5.41 Å². The molecule has 2 fully saturated rings. The highest BCUT2D eigenvalue weighted by Crippen LogP contribution is 2.27. The van der Waals surface area contributed by atoms with Crippen LogP contribution in [0.25, 0.3) is 0 Å². The topological polar surface area (TPSA) is 18.5 Å². The lowest BCUT2D eigenvalue weighted by molar-refractivity contribution is 0.169. The van der Waals surface area contributed by atoms with Gasteiger partial charge in [-0.1, -0.05) is 25.1 Å². The molecule has 3 rings (SSSR count). The van der Waals surface area contributed by atoms with Crippen molar-refractivity contribution in [2.75, 3.05) is 50.7 Å². The van der Waals surface area contributed by atoms with Gasteiger partial charge in [0.25, 0.3) is 0 Å². The van der Waals surface area contributed by atoms with E-state index in [1.807, 2.05) is 0 Å². The Labute approximate surface area is 135 Å². The van der Waals surface area contributed by atoms with E-state index in [0.717, 1.165) is 13.1 Å². The van der Waals surface area contributed by atoms with Crippen molar-refractivity contribution in [1.29, 1.82) is 0 Å². The summed E-state index contributed by atoms with van der Waals surface area (Å²) < 4.78 is 0. The summed E-state index contributed by atoms with van der Waals surface area (Å²) in [5.74, 6) is 0. The summed E-state index contributed by atoms with van der Waals surface area (Å²) in [6.45, 7) is 13.0. The monoisotopic (exact) mass is 309 g/mol. The van der Waals surface area contributed by atoms with Crippen LogP contribution in [0.1, 0.15) is 18.9 Å². The van der Waals surface area contributed by atoms with E-state index >= 15 is 0 Å². The number of hydrogen-bond donors (Lipinski definition) is 1. The van der Waals surface area contributed by atoms with Gasteiger partial charge in [-0.05, 0) is 36.9 Å². The van der Waals surface area contributed by atoms with Crippen LogP contribution in [0.5, 0.6) is 0 Å². The molecule has 0 aliphatic carbocycles. The first kappa shape index (κ1) is 16.6. The molecular weight excluding hydrogens is 282 g/mol. The molecular formula is C17H28ClN3. The zero-order valence-electron chi connectivity index (χ0n) is 13.3. The zero-order chi connectivity index (χ0) is 14.0. The van der Waals surface area contributed by atoms with Gasteiger partial charge in [0.1, 0.15) is 0 Å². The first-order chi connectivity index (χ1) is 9.66. The summed E-state index contributed by atoms with van der Waals surface area (Å²) >= 11 is 0. The Morgan fingerprint density at radius 3 is 2.48 bits per heavy atom. The first-order valence-electron chi connectivity index (χ1n) is 7.90. The van der Waals surface area contributed by atoms with E-state index in [9.17, 15) is 0 Å². The number of anilines is 1. The van der Waals surface area contributed by atoms with Gasteiger partial charge in [0.05, 0.1) is 0 Å². The predicted molar refractivity (Wildman–Crippen MR) is 92.7 cm³/mol. The predicted octanol–water partition coefficient (Wildman–Crippen LogP) is 2.54. The molecule has 2 aliphatic rings. The summed E-state index contributed by atoms with van der Waals surface area (Å²) in [4.78, 5) is 5.20. The molecule has 0 bridgehead atoms. The first-order valence-corrected chi connectivity index (χ1v) is 7.90. The second-order valence-electron chi connectivity index (χ2n) is 6.79. The smallest absolute Gasteiger partial charge is 0.0396 e. The van der Waals surface area contributed by atoms with Crippen LogP contribution in [0.2, 0.25) is 0 Å². The number of rotatable bonds is 3. The molecule has 1 unspecified atom stereocenters. The number of aryl methyl sites for hydroxylation is 1. The molecule has 1 atom stereocenters. The lowest BCUT2D eigenvalue weighted by Crippen LogP contribution is -2.50. The Morgan fingerprint density at radius 2 is 1.86 bits per heavy atom. The number of nitrogens with one attached hydrogen (secondary N) is 1. The quantitative estimate of drug-likeness (QED) is 0.926. The number of halogens is 1. The van der Waals surface area contributed by atoms with E-state index in [4.69, 9.17) is 0 Å². The second-order valence-corrected chi connectivity index (χ2v) is 6.79. The highest BCUT2D eigenvalue weighted by atomic mass is 35.5. The summed E-state index contributed by atoms with van der Waals surface area (Å²) in [6, 6.07) is 8.75. The van der Waals surface area contributed by atoms with Gasteiger partial charge < -0.3 is 10.2 Å². The third kappa shape index (κ3) is 3.91. The second kappa shape index (κ2) is 6.99. The molecule has 0 spiro atoms. The number of hydrogen-bond acceptors (Lipinski definition) is 3. The van der Waals surface area contributed by atoms with Gasteiger partial charge in [-0.15, -0.1) is 12.4 Å². The van der Waals surface area contributed by atoms with Gasteiger partial charge in [0.15, 0.2) is 0 Å². The Balaban J connectivity index is 0.00000161. The number of benzene rings is 1. The van der Waals surface area contributed by atoms with Gasteiger partial charge in [-0.2, -0.15) is 0 Å². The number of piperazine rings is 1. The SMILES string of the molecule is Cc1ccccc1N1CCN(CC2(C)CCNC2)CC1.Cl. The molecule has 0 radical (unpaired) electrons. The minimum absolute atomic E-state index is 0. The Kier molecular flexibility index (Phi) is 5.53. The van der Waals surface area contributed by atoms with Gasteiger partial charge in [0.2, 0.25) is 0 Å². The third-order valence-corrected chi connectivity index (χ3v) is 4.89. The molecule has 4 heteroatoms. The Hall–Kier alpha value is -0.770. The molecule has 1 N–H and O–H groups in total. The lowest BCUT2D eigenvalue weighted by atomic mass is 9.89. The van der Waals surface area contributed by atoms with E-state index < -0.39 is 0 Å². The van der Waals surface area contributed by atoms with Gasteiger partial charge >= 0.3 is 0 Å². The maximum absolute atomic E-state index is 3.51. The number of para-hydroxylation sites is 1. The molecule has 1 aromatic carbocycles. The molecule has 2 aliphatic heterocycles. The maximum Gasteiger partial charge on any atom is 0.0396 e. The van der Waals surface area contributed by atoms with Gasteiger partial charge in [0, 0.05) is 45.0 Å². The standard InChI is InChI=1S/C17H27N3.ClH/c1-15-5-3-4-6-16(15)20-11-9-19(10-12-20)14-17(2)7-8-18-13-17;/h3-6,18H,7-14H2,1-2H3;1H. The van der Waals surface area contributed by atoms with E-state index in [0.29, 0.717) is 5.41 Å². The molecule has 0 saturated carbocycles. The molecule has 3 nitrogen and oxygen atoms in total. The van der Waals surface area contributed by atoms with Crippen molar-refractivity contribution in [1.82, 2.24) is 10.2 Å². The van der Waals surface area contributed by atoms with Crippen LogP contribution in [-0.2, 0) is 0 Å². The van der Waals surface area contributed by atoms with Gasteiger partial charge in [-0.3, -0.25) is 4.90 Å². The fourth-order valence-corrected chi connectivity index (χ4v) is 3.61. The van der Waals surface area contributed by atoms with Crippen LogP contribution in [0.15, 0.2) is 24.3 Å². The molecule has 21 heavy (non-hydrogen) atoms. The minimum atomic E-state index is 0. The van der Waals surface area contributed by atoms with Crippen molar-refractivity contribution in [3.05, 3.63) is 29.8 Å². The highest BCUT2D eigenvalue weighted by molar-refractivity contribution is 5.85. The van der Waals surface area contributed by atoms with Crippen LogP contribution >= 0.6 is 12.4 Å². The summed E-state index contributed by atoms with van der Waals surface area (Å²) in [5, 5.41) is 3.51. The third-order valence-electron chi connectivity index (χ3n) is 4.89.